The molecule has 1 amide bonds. The van der Waals surface area contributed by atoms with Crippen LogP contribution in [0.1, 0.15) is 39.0 Å². The van der Waals surface area contributed by atoms with Crippen LogP contribution in [0.4, 0.5) is 5.00 Å². The molecule has 0 aliphatic rings. The number of amides is 1. The van der Waals surface area contributed by atoms with E-state index in [4.69, 9.17) is 33.0 Å². The van der Waals surface area contributed by atoms with Crippen molar-refractivity contribution in [3.63, 3.8) is 0 Å². The molecule has 10 heteroatoms. The fourth-order valence-electron chi connectivity index (χ4n) is 2.92. The van der Waals surface area contributed by atoms with Crippen molar-refractivity contribution < 1.29 is 18.7 Å². The molecule has 0 fully saturated rings. The van der Waals surface area contributed by atoms with E-state index in [1.54, 1.807) is 26.0 Å². The molecule has 2 heterocycles. The highest BCUT2D eigenvalue weighted by atomic mass is 35.5. The first-order valence-corrected chi connectivity index (χ1v) is 11.7. The van der Waals surface area contributed by atoms with Crippen LogP contribution in [0.3, 0.4) is 0 Å². The average molecular weight is 514 g/mol. The molecular formula is C24H20ClN3O4S2. The number of carbonyl (C=O) groups excluding carboxylic acids is 2. The number of ether oxygens (including phenoxy) is 1. The molecule has 0 atom stereocenters. The van der Waals surface area contributed by atoms with E-state index in [9.17, 15) is 14.9 Å². The van der Waals surface area contributed by atoms with Crippen LogP contribution in [0.15, 0.2) is 40.8 Å². The maximum absolute atomic E-state index is 12.3. The minimum atomic E-state index is -0.516. The molecule has 1 aromatic carbocycles. The largest absolute Gasteiger partial charge is 0.462 e. The van der Waals surface area contributed by atoms with Crippen LogP contribution in [-0.4, -0.2) is 23.6 Å². The molecule has 0 radical (unpaired) electrons. The first-order valence-electron chi connectivity index (χ1n) is 10.1. The molecule has 34 heavy (non-hydrogen) atoms. The SMILES string of the molecule is CCOC(=O)c1sc(NC(=S)NC(=O)/C=C/c2ccc(-c3ccc(C)c(Cl)c3)o2)c(C#N)c1C. The van der Waals surface area contributed by atoms with E-state index in [1.165, 1.54) is 12.2 Å². The summed E-state index contributed by atoms with van der Waals surface area (Å²) in [5.74, 6) is 0.0819. The van der Waals surface area contributed by atoms with Gasteiger partial charge in [-0.15, -0.1) is 11.3 Å². The maximum Gasteiger partial charge on any atom is 0.348 e. The van der Waals surface area contributed by atoms with Crippen LogP contribution in [0.2, 0.25) is 5.02 Å². The molecular weight excluding hydrogens is 494 g/mol. The number of nitrogens with one attached hydrogen (secondary N) is 2. The van der Waals surface area contributed by atoms with Crippen molar-refractivity contribution in [2.45, 2.75) is 20.8 Å². The number of carbonyl (C=O) groups is 2. The number of hydrogen-bond acceptors (Lipinski definition) is 7. The van der Waals surface area contributed by atoms with Gasteiger partial charge in [-0.05, 0) is 68.4 Å². The summed E-state index contributed by atoms with van der Waals surface area (Å²) in [4.78, 5) is 24.7. The Balaban J connectivity index is 1.64. The fourth-order valence-corrected chi connectivity index (χ4v) is 4.42. The Kier molecular flexibility index (Phi) is 8.23. The zero-order valence-corrected chi connectivity index (χ0v) is 20.9. The van der Waals surface area contributed by atoms with E-state index >= 15 is 0 Å². The predicted molar refractivity (Wildman–Crippen MR) is 137 cm³/mol. The Labute approximate surface area is 211 Å². The summed E-state index contributed by atoms with van der Waals surface area (Å²) in [5, 5.41) is 15.7. The highest BCUT2D eigenvalue weighted by Gasteiger charge is 2.21. The van der Waals surface area contributed by atoms with Crippen LogP contribution in [0, 0.1) is 25.2 Å². The van der Waals surface area contributed by atoms with Crippen LogP contribution in [0.5, 0.6) is 0 Å². The van der Waals surface area contributed by atoms with Crippen LogP contribution in [-0.2, 0) is 9.53 Å². The molecule has 0 unspecified atom stereocenters. The molecule has 0 spiro atoms. The number of aryl methyl sites for hydroxylation is 1. The smallest absolute Gasteiger partial charge is 0.348 e. The average Bonchev–Trinajstić information content (AvgIpc) is 3.38. The lowest BCUT2D eigenvalue weighted by molar-refractivity contribution is -0.115. The number of halogens is 1. The first-order chi connectivity index (χ1) is 16.2. The van der Waals surface area contributed by atoms with Crippen molar-refractivity contribution in [3.8, 4) is 17.4 Å². The lowest BCUT2D eigenvalue weighted by Crippen LogP contribution is -2.32. The van der Waals surface area contributed by atoms with Gasteiger partial charge in [-0.1, -0.05) is 23.7 Å². The van der Waals surface area contributed by atoms with E-state index in [0.717, 1.165) is 22.5 Å². The van der Waals surface area contributed by atoms with Gasteiger partial charge in [0.05, 0.1) is 12.2 Å². The minimum absolute atomic E-state index is 0.0164. The Hall–Kier alpha value is -3.45. The molecule has 2 aromatic heterocycles. The molecule has 0 aliphatic heterocycles. The van der Waals surface area contributed by atoms with E-state index in [0.29, 0.717) is 32.0 Å². The van der Waals surface area contributed by atoms with E-state index in [-0.39, 0.29) is 17.3 Å². The summed E-state index contributed by atoms with van der Waals surface area (Å²) in [6.45, 7) is 5.49. The number of thiophene rings is 1. The van der Waals surface area contributed by atoms with Crippen molar-refractivity contribution in [2.24, 2.45) is 0 Å². The number of benzene rings is 1. The first kappa shape index (κ1) is 25.2. The Morgan fingerprint density at radius 2 is 2.06 bits per heavy atom. The number of anilines is 1. The highest BCUT2D eigenvalue weighted by molar-refractivity contribution is 7.80. The number of hydrogen-bond donors (Lipinski definition) is 2. The quantitative estimate of drug-likeness (QED) is 0.242. The summed E-state index contributed by atoms with van der Waals surface area (Å²) in [6, 6.07) is 11.2. The van der Waals surface area contributed by atoms with Crippen LogP contribution >= 0.6 is 35.2 Å². The molecule has 0 aliphatic carbocycles. The molecule has 2 N–H and O–H groups in total. The monoisotopic (exact) mass is 513 g/mol. The molecule has 3 aromatic rings. The lowest BCUT2D eigenvalue weighted by Gasteiger charge is -2.06. The zero-order chi connectivity index (χ0) is 24.8. The van der Waals surface area contributed by atoms with Crippen molar-refractivity contribution in [1.29, 1.82) is 5.26 Å². The summed E-state index contributed by atoms with van der Waals surface area (Å²) < 4.78 is 10.8. The van der Waals surface area contributed by atoms with Crippen molar-refractivity contribution >= 4 is 63.2 Å². The molecule has 0 saturated heterocycles. The van der Waals surface area contributed by atoms with Gasteiger partial charge in [0.2, 0.25) is 5.91 Å². The van der Waals surface area contributed by atoms with Gasteiger partial charge in [0.1, 0.15) is 27.5 Å². The summed E-state index contributed by atoms with van der Waals surface area (Å²) in [6.07, 6.45) is 2.78. The van der Waals surface area contributed by atoms with Gasteiger partial charge < -0.3 is 14.5 Å². The second-order valence-corrected chi connectivity index (χ2v) is 8.87. The van der Waals surface area contributed by atoms with Crippen LogP contribution < -0.4 is 10.6 Å². The zero-order valence-electron chi connectivity index (χ0n) is 18.5. The van der Waals surface area contributed by atoms with Gasteiger partial charge in [0, 0.05) is 16.7 Å². The number of nitriles is 1. The topological polar surface area (TPSA) is 104 Å². The maximum atomic E-state index is 12.3. The molecule has 0 saturated carbocycles. The summed E-state index contributed by atoms with van der Waals surface area (Å²) >= 11 is 12.4. The Morgan fingerprint density at radius 3 is 2.74 bits per heavy atom. The van der Waals surface area contributed by atoms with Gasteiger partial charge in [-0.3, -0.25) is 10.1 Å². The van der Waals surface area contributed by atoms with Gasteiger partial charge in [0.15, 0.2) is 5.11 Å². The standard InChI is InChI=1S/C24H20ClN3O4S2/c1-4-31-23(30)21-14(3)17(12-26)22(34-21)28-24(33)27-20(29)10-8-16-7-9-19(32-16)15-6-5-13(2)18(25)11-15/h5-11H,4H2,1-3H3,(H2,27,28,29,33)/b10-8+. The highest BCUT2D eigenvalue weighted by Crippen LogP contribution is 2.33. The number of thiocarbonyl (C=S) groups is 1. The molecule has 3 rings (SSSR count). The number of esters is 1. The number of nitrogens with zero attached hydrogens (tertiary/aromatic N) is 1. The second-order valence-electron chi connectivity index (χ2n) is 7.04. The minimum Gasteiger partial charge on any atom is -0.462 e. The summed E-state index contributed by atoms with van der Waals surface area (Å²) in [5.41, 5.74) is 2.55. The van der Waals surface area contributed by atoms with Crippen molar-refractivity contribution in [3.05, 3.63) is 68.8 Å². The fraction of sp³-hybridized carbons (Fsp3) is 0.167. The second kappa shape index (κ2) is 11.1. The van der Waals surface area contributed by atoms with E-state index in [2.05, 4.69) is 10.6 Å². The van der Waals surface area contributed by atoms with E-state index < -0.39 is 11.9 Å². The Morgan fingerprint density at radius 1 is 1.29 bits per heavy atom. The third-order valence-electron chi connectivity index (χ3n) is 4.67. The number of rotatable bonds is 6. The Bertz CT molecular complexity index is 1330. The molecule has 0 bridgehead atoms. The van der Waals surface area contributed by atoms with E-state index in [1.807, 2.05) is 31.2 Å². The number of furan rings is 1. The van der Waals surface area contributed by atoms with Crippen LogP contribution in [0.25, 0.3) is 17.4 Å². The summed E-state index contributed by atoms with van der Waals surface area (Å²) in [7, 11) is 0. The lowest BCUT2D eigenvalue weighted by atomic mass is 10.1. The predicted octanol–water partition coefficient (Wildman–Crippen LogP) is 5.85. The van der Waals surface area contributed by atoms with Gasteiger partial charge in [-0.2, -0.15) is 5.26 Å². The normalized spacial score (nSPS) is 10.7. The third kappa shape index (κ3) is 5.91. The molecule has 7 nitrogen and oxygen atoms in total. The molecule has 174 valence electrons. The van der Waals surface area contributed by atoms with Gasteiger partial charge in [0.25, 0.3) is 0 Å². The van der Waals surface area contributed by atoms with Crippen molar-refractivity contribution in [1.82, 2.24) is 5.32 Å². The third-order valence-corrected chi connectivity index (χ3v) is 6.46. The van der Waals surface area contributed by atoms with Crippen molar-refractivity contribution in [2.75, 3.05) is 11.9 Å². The van der Waals surface area contributed by atoms with Gasteiger partial charge >= 0.3 is 5.97 Å². The van der Waals surface area contributed by atoms with Gasteiger partial charge in [-0.25, -0.2) is 4.79 Å².